The second kappa shape index (κ2) is 7.41. The predicted molar refractivity (Wildman–Crippen MR) is 82.7 cm³/mol. The molecule has 1 amide bonds. The molecule has 0 spiro atoms. The van der Waals surface area contributed by atoms with Crippen molar-refractivity contribution >= 4 is 28.8 Å². The first-order valence-corrected chi connectivity index (χ1v) is 8.07. The van der Waals surface area contributed by atoms with Gasteiger partial charge in [0.05, 0.1) is 11.6 Å². The number of halogens is 1. The third-order valence-electron chi connectivity index (χ3n) is 3.67. The van der Waals surface area contributed by atoms with E-state index in [1.807, 2.05) is 12.4 Å². The third-order valence-corrected chi connectivity index (χ3v) is 5.00. The Kier molecular flexibility index (Phi) is 5.84. The highest BCUT2D eigenvalue weighted by molar-refractivity contribution is 7.12. The molecule has 112 valence electrons. The number of hydrogen-bond donors (Lipinski definition) is 0. The fourth-order valence-corrected chi connectivity index (χ4v) is 3.70. The maximum Gasteiger partial charge on any atom is 0.265 e. The van der Waals surface area contributed by atoms with E-state index in [9.17, 15) is 4.79 Å². The Hall–Kier alpha value is -0.620. The number of likely N-dealkylation sites (tertiary alicyclic amines) is 1. The van der Waals surface area contributed by atoms with E-state index >= 15 is 0 Å². The summed E-state index contributed by atoms with van der Waals surface area (Å²) in [6.45, 7) is 4.67. The lowest BCUT2D eigenvalue weighted by Gasteiger charge is -2.21. The van der Waals surface area contributed by atoms with E-state index in [0.717, 1.165) is 39.2 Å². The maximum absolute atomic E-state index is 12.3. The number of amides is 1. The molecule has 1 aliphatic heterocycles. The van der Waals surface area contributed by atoms with Crippen LogP contribution in [0.3, 0.4) is 0 Å². The van der Waals surface area contributed by atoms with E-state index < -0.39 is 0 Å². The molecule has 0 aromatic carbocycles. The Morgan fingerprint density at radius 2 is 2.45 bits per heavy atom. The van der Waals surface area contributed by atoms with Crippen LogP contribution in [0.2, 0.25) is 5.02 Å². The van der Waals surface area contributed by atoms with Gasteiger partial charge in [0.2, 0.25) is 0 Å². The zero-order chi connectivity index (χ0) is 14.5. The Labute approximate surface area is 129 Å². The van der Waals surface area contributed by atoms with Gasteiger partial charge in [0.25, 0.3) is 5.91 Å². The standard InChI is InChI=1S/C14H21ClN2O2S/c1-16(14(18)13-12(15)4-8-20-13)9-11-3-5-17(10-11)6-7-19-2/h4,8,11H,3,5-7,9-10H2,1-2H3/t11-/m1/s1. The zero-order valence-electron chi connectivity index (χ0n) is 12.0. The van der Waals surface area contributed by atoms with Crippen LogP contribution in [-0.2, 0) is 4.74 Å². The van der Waals surface area contributed by atoms with E-state index in [0.29, 0.717) is 15.8 Å². The van der Waals surface area contributed by atoms with Gasteiger partial charge in [0, 0.05) is 33.8 Å². The predicted octanol–water partition coefficient (Wildman–Crippen LogP) is 2.44. The van der Waals surface area contributed by atoms with Crippen molar-refractivity contribution in [1.29, 1.82) is 0 Å². The van der Waals surface area contributed by atoms with Crippen molar-refractivity contribution in [3.05, 3.63) is 21.3 Å². The highest BCUT2D eigenvalue weighted by Crippen LogP contribution is 2.24. The summed E-state index contributed by atoms with van der Waals surface area (Å²) in [6, 6.07) is 1.77. The van der Waals surface area contributed by atoms with Crippen LogP contribution in [0.4, 0.5) is 0 Å². The zero-order valence-corrected chi connectivity index (χ0v) is 13.5. The molecule has 1 aliphatic rings. The second-order valence-electron chi connectivity index (χ2n) is 5.23. The van der Waals surface area contributed by atoms with Gasteiger partial charge in [-0.15, -0.1) is 11.3 Å². The van der Waals surface area contributed by atoms with Crippen LogP contribution in [0.25, 0.3) is 0 Å². The van der Waals surface area contributed by atoms with Gasteiger partial charge in [-0.2, -0.15) is 0 Å². The molecule has 0 bridgehead atoms. The average Bonchev–Trinajstić information content (AvgIpc) is 3.04. The number of thiophene rings is 1. The minimum Gasteiger partial charge on any atom is -0.383 e. The summed E-state index contributed by atoms with van der Waals surface area (Å²) in [5, 5.41) is 2.41. The fourth-order valence-electron chi connectivity index (χ4n) is 2.58. The molecule has 1 fully saturated rings. The van der Waals surface area contributed by atoms with Gasteiger partial charge in [-0.05, 0) is 30.3 Å². The summed E-state index contributed by atoms with van der Waals surface area (Å²) in [7, 11) is 3.58. The number of rotatable bonds is 6. The van der Waals surface area contributed by atoms with Gasteiger partial charge in [-0.3, -0.25) is 4.79 Å². The first-order valence-electron chi connectivity index (χ1n) is 6.81. The van der Waals surface area contributed by atoms with Gasteiger partial charge < -0.3 is 14.5 Å². The monoisotopic (exact) mass is 316 g/mol. The Morgan fingerprint density at radius 3 is 3.10 bits per heavy atom. The third kappa shape index (κ3) is 3.95. The van der Waals surface area contributed by atoms with Crippen molar-refractivity contribution in [2.24, 2.45) is 5.92 Å². The van der Waals surface area contributed by atoms with Crippen molar-refractivity contribution in [2.75, 3.05) is 46.9 Å². The molecule has 4 nitrogen and oxygen atoms in total. The normalized spacial score (nSPS) is 19.4. The SMILES string of the molecule is COCCN1CC[C@H](CN(C)C(=O)c2sccc2Cl)C1. The highest BCUT2D eigenvalue weighted by Gasteiger charge is 2.25. The van der Waals surface area contributed by atoms with Gasteiger partial charge in [-0.1, -0.05) is 11.6 Å². The molecule has 0 aliphatic carbocycles. The van der Waals surface area contributed by atoms with Crippen molar-refractivity contribution in [2.45, 2.75) is 6.42 Å². The highest BCUT2D eigenvalue weighted by atomic mass is 35.5. The van der Waals surface area contributed by atoms with Crippen molar-refractivity contribution in [3.63, 3.8) is 0 Å². The Balaban J connectivity index is 1.82. The molecule has 1 saturated heterocycles. The maximum atomic E-state index is 12.3. The topological polar surface area (TPSA) is 32.8 Å². The average molecular weight is 317 g/mol. The molecule has 0 radical (unpaired) electrons. The van der Waals surface area contributed by atoms with E-state index in [4.69, 9.17) is 16.3 Å². The number of nitrogens with zero attached hydrogens (tertiary/aromatic N) is 2. The Bertz CT molecular complexity index is 452. The summed E-state index contributed by atoms with van der Waals surface area (Å²) in [5.41, 5.74) is 0. The summed E-state index contributed by atoms with van der Waals surface area (Å²) in [5.74, 6) is 0.569. The molecule has 0 N–H and O–H groups in total. The minimum atomic E-state index is 0.0281. The van der Waals surface area contributed by atoms with Crippen LogP contribution >= 0.6 is 22.9 Å². The first-order chi connectivity index (χ1) is 9.61. The fraction of sp³-hybridized carbons (Fsp3) is 0.643. The van der Waals surface area contributed by atoms with Crippen LogP contribution in [0.5, 0.6) is 0 Å². The molecule has 2 heterocycles. The molecular formula is C14H21ClN2O2S. The lowest BCUT2D eigenvalue weighted by atomic mass is 10.1. The van der Waals surface area contributed by atoms with Gasteiger partial charge in [0.15, 0.2) is 0 Å². The molecule has 1 atom stereocenters. The lowest BCUT2D eigenvalue weighted by Crippen LogP contribution is -2.33. The molecule has 0 unspecified atom stereocenters. The summed E-state index contributed by atoms with van der Waals surface area (Å²) in [4.78, 5) is 17.1. The molecule has 1 aromatic rings. The van der Waals surface area contributed by atoms with Crippen LogP contribution in [0.1, 0.15) is 16.1 Å². The Morgan fingerprint density at radius 1 is 1.65 bits per heavy atom. The molecule has 0 saturated carbocycles. The van der Waals surface area contributed by atoms with Crippen molar-refractivity contribution in [3.8, 4) is 0 Å². The van der Waals surface area contributed by atoms with E-state index in [2.05, 4.69) is 4.90 Å². The lowest BCUT2D eigenvalue weighted by molar-refractivity contribution is 0.0777. The largest absolute Gasteiger partial charge is 0.383 e. The van der Waals surface area contributed by atoms with Crippen LogP contribution in [0.15, 0.2) is 11.4 Å². The van der Waals surface area contributed by atoms with E-state index in [-0.39, 0.29) is 5.91 Å². The van der Waals surface area contributed by atoms with Crippen molar-refractivity contribution in [1.82, 2.24) is 9.80 Å². The quantitative estimate of drug-likeness (QED) is 0.808. The number of carbonyl (C=O) groups excluding carboxylic acids is 1. The molecule has 20 heavy (non-hydrogen) atoms. The van der Waals surface area contributed by atoms with Crippen LogP contribution in [0, 0.1) is 5.92 Å². The number of hydrogen-bond acceptors (Lipinski definition) is 4. The summed E-state index contributed by atoms with van der Waals surface area (Å²) >= 11 is 7.42. The second-order valence-corrected chi connectivity index (χ2v) is 6.55. The number of ether oxygens (including phenoxy) is 1. The number of methoxy groups -OCH3 is 1. The summed E-state index contributed by atoms with van der Waals surface area (Å²) < 4.78 is 5.10. The van der Waals surface area contributed by atoms with Crippen molar-refractivity contribution < 1.29 is 9.53 Å². The van der Waals surface area contributed by atoms with Crippen LogP contribution in [-0.4, -0.2) is 62.7 Å². The van der Waals surface area contributed by atoms with Gasteiger partial charge in [-0.25, -0.2) is 0 Å². The molecule has 1 aromatic heterocycles. The van der Waals surface area contributed by atoms with Gasteiger partial charge in [0.1, 0.15) is 4.88 Å². The molecular weight excluding hydrogens is 296 g/mol. The summed E-state index contributed by atoms with van der Waals surface area (Å²) in [6.07, 6.45) is 1.14. The minimum absolute atomic E-state index is 0.0281. The van der Waals surface area contributed by atoms with E-state index in [1.54, 1.807) is 18.1 Å². The molecule has 6 heteroatoms. The van der Waals surface area contributed by atoms with Crippen LogP contribution < -0.4 is 0 Å². The van der Waals surface area contributed by atoms with E-state index in [1.165, 1.54) is 11.3 Å². The molecule has 2 rings (SSSR count). The first kappa shape index (κ1) is 15.8. The van der Waals surface area contributed by atoms with Gasteiger partial charge >= 0.3 is 0 Å². The smallest absolute Gasteiger partial charge is 0.265 e. The number of carbonyl (C=O) groups is 1.